The van der Waals surface area contributed by atoms with E-state index in [9.17, 15) is 9.59 Å². The zero-order valence-electron chi connectivity index (χ0n) is 16.4. The Balaban J connectivity index is 0.00000225. The number of para-hydroxylation sites is 1. The highest BCUT2D eigenvalue weighted by atomic mass is 35.5. The third kappa shape index (κ3) is 4.67. The van der Waals surface area contributed by atoms with Crippen molar-refractivity contribution < 1.29 is 9.59 Å². The minimum absolute atomic E-state index is 0. The first-order valence-corrected chi connectivity index (χ1v) is 10.3. The SMILES string of the molecule is Cl.O=C(CCC1CCNC1)N1CCN(C2CCN(c3ccccc3)C2=O)CC1. The molecule has 2 unspecified atom stereocenters. The number of carbonyl (C=O) groups is 2. The van der Waals surface area contributed by atoms with Crippen molar-refractivity contribution in [2.45, 2.75) is 31.7 Å². The maximum absolute atomic E-state index is 12.9. The van der Waals surface area contributed by atoms with E-state index in [4.69, 9.17) is 0 Å². The maximum atomic E-state index is 12.9. The third-order valence-electron chi connectivity index (χ3n) is 6.28. The second kappa shape index (κ2) is 9.72. The van der Waals surface area contributed by atoms with E-state index in [1.165, 1.54) is 6.42 Å². The van der Waals surface area contributed by atoms with Crippen molar-refractivity contribution in [2.75, 3.05) is 50.7 Å². The summed E-state index contributed by atoms with van der Waals surface area (Å²) in [6.45, 7) is 6.02. The molecule has 3 heterocycles. The van der Waals surface area contributed by atoms with Gasteiger partial charge >= 0.3 is 0 Å². The summed E-state index contributed by atoms with van der Waals surface area (Å²) in [6.07, 6.45) is 3.73. The molecule has 154 valence electrons. The normalized spacial score (nSPS) is 25.8. The fourth-order valence-electron chi connectivity index (χ4n) is 4.60. The molecule has 2 atom stereocenters. The zero-order chi connectivity index (χ0) is 18.6. The van der Waals surface area contributed by atoms with Crippen LogP contribution in [0.4, 0.5) is 5.69 Å². The number of halogens is 1. The molecule has 1 aromatic carbocycles. The Bertz CT molecular complexity index is 658. The molecule has 0 aliphatic carbocycles. The molecule has 1 N–H and O–H groups in total. The van der Waals surface area contributed by atoms with E-state index >= 15 is 0 Å². The lowest BCUT2D eigenvalue weighted by atomic mass is 10.0. The highest BCUT2D eigenvalue weighted by molar-refractivity contribution is 5.99. The van der Waals surface area contributed by atoms with Crippen LogP contribution in [0.25, 0.3) is 0 Å². The van der Waals surface area contributed by atoms with Gasteiger partial charge in [-0.1, -0.05) is 18.2 Å². The molecule has 7 heteroatoms. The topological polar surface area (TPSA) is 55.9 Å². The van der Waals surface area contributed by atoms with Crippen molar-refractivity contribution in [1.29, 1.82) is 0 Å². The summed E-state index contributed by atoms with van der Waals surface area (Å²) in [5.41, 5.74) is 0.986. The highest BCUT2D eigenvalue weighted by Gasteiger charge is 2.38. The van der Waals surface area contributed by atoms with Crippen molar-refractivity contribution >= 4 is 29.9 Å². The summed E-state index contributed by atoms with van der Waals surface area (Å²) >= 11 is 0. The van der Waals surface area contributed by atoms with Crippen molar-refractivity contribution in [3.8, 4) is 0 Å². The fourth-order valence-corrected chi connectivity index (χ4v) is 4.60. The van der Waals surface area contributed by atoms with Gasteiger partial charge in [0.15, 0.2) is 0 Å². The number of hydrogen-bond donors (Lipinski definition) is 1. The number of hydrogen-bond acceptors (Lipinski definition) is 4. The molecule has 3 fully saturated rings. The Morgan fingerprint density at radius 3 is 2.46 bits per heavy atom. The lowest BCUT2D eigenvalue weighted by Crippen LogP contribution is -2.53. The Hall–Kier alpha value is -1.63. The van der Waals surface area contributed by atoms with Crippen molar-refractivity contribution in [3.05, 3.63) is 30.3 Å². The second-order valence-electron chi connectivity index (χ2n) is 7.94. The average Bonchev–Trinajstić information content (AvgIpc) is 3.37. The van der Waals surface area contributed by atoms with E-state index in [0.717, 1.165) is 64.3 Å². The van der Waals surface area contributed by atoms with Gasteiger partial charge in [-0.2, -0.15) is 0 Å². The quantitative estimate of drug-likeness (QED) is 0.809. The molecule has 6 nitrogen and oxygen atoms in total. The minimum Gasteiger partial charge on any atom is -0.340 e. The van der Waals surface area contributed by atoms with Crippen molar-refractivity contribution in [1.82, 2.24) is 15.1 Å². The van der Waals surface area contributed by atoms with Gasteiger partial charge in [0.05, 0.1) is 6.04 Å². The molecule has 3 saturated heterocycles. The van der Waals surface area contributed by atoms with Crippen LogP contribution in [-0.4, -0.2) is 73.5 Å². The van der Waals surface area contributed by atoms with Crippen molar-refractivity contribution in [3.63, 3.8) is 0 Å². The predicted octanol–water partition coefficient (Wildman–Crippen LogP) is 1.75. The van der Waals surface area contributed by atoms with Crippen LogP contribution in [0.1, 0.15) is 25.7 Å². The Kier molecular flexibility index (Phi) is 7.32. The molecular weight excluding hydrogens is 376 g/mol. The first-order valence-electron chi connectivity index (χ1n) is 10.3. The van der Waals surface area contributed by atoms with E-state index in [0.29, 0.717) is 12.3 Å². The zero-order valence-corrected chi connectivity index (χ0v) is 17.2. The first-order chi connectivity index (χ1) is 13.2. The molecule has 28 heavy (non-hydrogen) atoms. The van der Waals surface area contributed by atoms with E-state index in [2.05, 4.69) is 10.2 Å². The Labute approximate surface area is 173 Å². The van der Waals surface area contributed by atoms with Crippen LogP contribution in [0, 0.1) is 5.92 Å². The fraction of sp³-hybridized carbons (Fsp3) is 0.619. The average molecular weight is 407 g/mol. The van der Waals surface area contributed by atoms with Crippen LogP contribution < -0.4 is 10.2 Å². The third-order valence-corrected chi connectivity index (χ3v) is 6.28. The van der Waals surface area contributed by atoms with Gasteiger partial charge in [-0.3, -0.25) is 14.5 Å². The molecule has 4 rings (SSSR count). The van der Waals surface area contributed by atoms with Crippen LogP contribution in [0.3, 0.4) is 0 Å². The van der Waals surface area contributed by atoms with Crippen molar-refractivity contribution in [2.24, 2.45) is 5.92 Å². The number of anilines is 1. The molecular formula is C21H31ClN4O2. The number of benzene rings is 1. The lowest BCUT2D eigenvalue weighted by molar-refractivity contribution is -0.134. The summed E-state index contributed by atoms with van der Waals surface area (Å²) in [6, 6.07) is 9.88. The van der Waals surface area contributed by atoms with E-state index in [1.54, 1.807) is 0 Å². The monoisotopic (exact) mass is 406 g/mol. The van der Waals surface area contributed by atoms with Gasteiger partial charge in [0.1, 0.15) is 0 Å². The van der Waals surface area contributed by atoms with Crippen LogP contribution >= 0.6 is 12.4 Å². The second-order valence-corrected chi connectivity index (χ2v) is 7.94. The van der Waals surface area contributed by atoms with E-state index in [-0.39, 0.29) is 30.3 Å². The summed E-state index contributed by atoms with van der Waals surface area (Å²) in [7, 11) is 0. The van der Waals surface area contributed by atoms with E-state index < -0.39 is 0 Å². The van der Waals surface area contributed by atoms with Crippen LogP contribution in [-0.2, 0) is 9.59 Å². The smallest absolute Gasteiger partial charge is 0.244 e. The maximum Gasteiger partial charge on any atom is 0.244 e. The van der Waals surface area contributed by atoms with Gasteiger partial charge in [0.25, 0.3) is 0 Å². The predicted molar refractivity (Wildman–Crippen MR) is 113 cm³/mol. The standard InChI is InChI=1S/C21H30N4O2.ClH/c26-20(7-6-17-8-10-22-16-17)24-14-12-23(13-15-24)19-9-11-25(21(19)27)18-4-2-1-3-5-18;/h1-5,17,19,22H,6-16H2;1H. The Morgan fingerprint density at radius 1 is 1.04 bits per heavy atom. The number of carbonyl (C=O) groups excluding carboxylic acids is 2. The first kappa shape index (κ1) is 21.1. The van der Waals surface area contributed by atoms with Gasteiger partial charge in [-0.15, -0.1) is 12.4 Å². The molecule has 2 amide bonds. The Morgan fingerprint density at radius 2 is 1.79 bits per heavy atom. The molecule has 0 saturated carbocycles. The molecule has 1 aromatic rings. The summed E-state index contributed by atoms with van der Waals surface area (Å²) < 4.78 is 0. The number of nitrogens with one attached hydrogen (secondary N) is 1. The van der Waals surface area contributed by atoms with Crippen LogP contribution in [0.2, 0.25) is 0 Å². The summed E-state index contributed by atoms with van der Waals surface area (Å²) in [5.74, 6) is 1.15. The molecule has 3 aliphatic rings. The molecule has 0 spiro atoms. The number of amides is 2. The molecule has 3 aliphatic heterocycles. The van der Waals surface area contributed by atoms with Crippen LogP contribution in [0.15, 0.2) is 30.3 Å². The van der Waals surface area contributed by atoms with Gasteiger partial charge in [-0.25, -0.2) is 0 Å². The lowest BCUT2D eigenvalue weighted by Gasteiger charge is -2.37. The number of nitrogens with zero attached hydrogens (tertiary/aromatic N) is 3. The van der Waals surface area contributed by atoms with Gasteiger partial charge in [0, 0.05) is 44.8 Å². The highest BCUT2D eigenvalue weighted by Crippen LogP contribution is 2.25. The number of rotatable bonds is 5. The van der Waals surface area contributed by atoms with Gasteiger partial charge in [-0.05, 0) is 50.4 Å². The van der Waals surface area contributed by atoms with Gasteiger partial charge < -0.3 is 15.1 Å². The molecule has 0 bridgehead atoms. The van der Waals surface area contributed by atoms with Gasteiger partial charge in [0.2, 0.25) is 11.8 Å². The summed E-state index contributed by atoms with van der Waals surface area (Å²) in [5, 5.41) is 3.36. The largest absolute Gasteiger partial charge is 0.340 e. The molecule has 0 radical (unpaired) electrons. The summed E-state index contributed by atoms with van der Waals surface area (Å²) in [4.78, 5) is 31.5. The minimum atomic E-state index is -0.0352. The number of piperazine rings is 1. The molecule has 0 aromatic heterocycles. The van der Waals surface area contributed by atoms with E-state index in [1.807, 2.05) is 40.1 Å². The van der Waals surface area contributed by atoms with Crippen LogP contribution in [0.5, 0.6) is 0 Å².